The minimum absolute atomic E-state index is 0.572. The molecule has 1 N–H and O–H groups in total. The number of fused-ring (bicyclic) bond motifs is 3. The minimum atomic E-state index is 0.572. The van der Waals surface area contributed by atoms with Gasteiger partial charge < -0.3 is 5.32 Å². The zero-order chi connectivity index (χ0) is 13.4. The lowest BCUT2D eigenvalue weighted by Crippen LogP contribution is -2.22. The third-order valence-electron chi connectivity index (χ3n) is 4.14. The fraction of sp³-hybridized carbons (Fsp3) is 0.375. The lowest BCUT2D eigenvalue weighted by atomic mass is 9.95. The number of benzene rings is 1. The van der Waals surface area contributed by atoms with Crippen LogP contribution < -0.4 is 5.32 Å². The Balaban J connectivity index is 1.69. The molecular weight excluding hydrogens is 248 g/mol. The third-order valence-corrected chi connectivity index (χ3v) is 4.14. The normalized spacial score (nSPS) is 16.8. The highest BCUT2D eigenvalue weighted by Crippen LogP contribution is 2.22. The smallest absolute Gasteiger partial charge is 0.236 e. The van der Waals surface area contributed by atoms with Gasteiger partial charge in [-0.1, -0.05) is 31.4 Å². The number of anilines is 1. The molecule has 0 unspecified atom stereocenters. The second kappa shape index (κ2) is 4.78. The number of rotatable bonds is 2. The van der Waals surface area contributed by atoms with Crippen LogP contribution in [0.2, 0.25) is 0 Å². The SMILES string of the molecule is c1ccc2c(c1)nc1nc(NC3CCCCC3)ccn12. The molecule has 2 heterocycles. The highest BCUT2D eigenvalue weighted by Gasteiger charge is 2.14. The molecule has 1 aliphatic rings. The Morgan fingerprint density at radius 1 is 1.00 bits per heavy atom. The fourth-order valence-corrected chi connectivity index (χ4v) is 3.08. The molecule has 0 spiro atoms. The van der Waals surface area contributed by atoms with Gasteiger partial charge in [-0.2, -0.15) is 4.98 Å². The standard InChI is InChI=1S/C16H18N4/c1-2-6-12(7-3-1)17-15-10-11-20-14-9-5-4-8-13(14)18-16(20)19-15/h4-5,8-12H,1-3,6-7H2,(H,17,18,19). The molecule has 4 rings (SSSR count). The summed E-state index contributed by atoms with van der Waals surface area (Å²) in [7, 11) is 0. The van der Waals surface area contributed by atoms with Crippen molar-refractivity contribution in [2.24, 2.45) is 0 Å². The highest BCUT2D eigenvalue weighted by molar-refractivity contribution is 5.79. The summed E-state index contributed by atoms with van der Waals surface area (Å²) in [5.74, 6) is 1.71. The van der Waals surface area contributed by atoms with Crippen LogP contribution in [-0.2, 0) is 0 Å². The summed E-state index contributed by atoms with van der Waals surface area (Å²) in [6, 6.07) is 10.8. The number of nitrogens with zero attached hydrogens (tertiary/aromatic N) is 3. The molecule has 4 heteroatoms. The number of imidazole rings is 1. The Morgan fingerprint density at radius 2 is 1.85 bits per heavy atom. The number of hydrogen-bond donors (Lipinski definition) is 1. The van der Waals surface area contributed by atoms with Crippen LogP contribution in [0.5, 0.6) is 0 Å². The fourth-order valence-electron chi connectivity index (χ4n) is 3.08. The second-order valence-electron chi connectivity index (χ2n) is 5.56. The van der Waals surface area contributed by atoms with Gasteiger partial charge in [-0.15, -0.1) is 0 Å². The summed E-state index contributed by atoms with van der Waals surface area (Å²) in [4.78, 5) is 9.23. The van der Waals surface area contributed by atoms with Gasteiger partial charge in [-0.3, -0.25) is 4.40 Å². The summed E-state index contributed by atoms with van der Waals surface area (Å²) >= 11 is 0. The van der Waals surface area contributed by atoms with Gasteiger partial charge in [0.15, 0.2) is 0 Å². The van der Waals surface area contributed by atoms with E-state index in [0.717, 1.165) is 22.6 Å². The van der Waals surface area contributed by atoms with Crippen LogP contribution in [0.3, 0.4) is 0 Å². The molecular formula is C16H18N4. The summed E-state index contributed by atoms with van der Waals surface area (Å²) in [6.07, 6.45) is 8.59. The van der Waals surface area contributed by atoms with Crippen molar-refractivity contribution in [3.05, 3.63) is 36.5 Å². The van der Waals surface area contributed by atoms with Crippen LogP contribution in [0, 0.1) is 0 Å². The van der Waals surface area contributed by atoms with Crippen LogP contribution >= 0.6 is 0 Å². The van der Waals surface area contributed by atoms with E-state index in [-0.39, 0.29) is 0 Å². The Bertz CT molecular complexity index is 740. The van der Waals surface area contributed by atoms with Gasteiger partial charge in [-0.25, -0.2) is 4.98 Å². The highest BCUT2D eigenvalue weighted by atomic mass is 15.1. The maximum absolute atomic E-state index is 4.65. The molecule has 0 atom stereocenters. The van der Waals surface area contributed by atoms with Crippen LogP contribution in [-0.4, -0.2) is 20.4 Å². The van der Waals surface area contributed by atoms with Crippen molar-refractivity contribution in [3.8, 4) is 0 Å². The van der Waals surface area contributed by atoms with Gasteiger partial charge in [-0.05, 0) is 31.0 Å². The second-order valence-corrected chi connectivity index (χ2v) is 5.56. The van der Waals surface area contributed by atoms with Crippen LogP contribution in [0.15, 0.2) is 36.5 Å². The summed E-state index contributed by atoms with van der Waals surface area (Å²) in [6.45, 7) is 0. The lowest BCUT2D eigenvalue weighted by molar-refractivity contribution is 0.462. The first-order chi connectivity index (χ1) is 9.90. The zero-order valence-electron chi connectivity index (χ0n) is 11.4. The van der Waals surface area contributed by atoms with Gasteiger partial charge in [0.25, 0.3) is 0 Å². The Hall–Kier alpha value is -2.10. The third kappa shape index (κ3) is 2.01. The number of para-hydroxylation sites is 2. The van der Waals surface area contributed by atoms with Gasteiger partial charge in [0, 0.05) is 12.2 Å². The molecule has 102 valence electrons. The molecule has 0 radical (unpaired) electrons. The van der Waals surface area contributed by atoms with Gasteiger partial charge in [0.05, 0.1) is 11.0 Å². The van der Waals surface area contributed by atoms with Gasteiger partial charge in [0.1, 0.15) is 5.82 Å². The Morgan fingerprint density at radius 3 is 2.75 bits per heavy atom. The number of hydrogen-bond acceptors (Lipinski definition) is 3. The van der Waals surface area contributed by atoms with Crippen LogP contribution in [0.1, 0.15) is 32.1 Å². The van der Waals surface area contributed by atoms with Crippen molar-refractivity contribution in [2.75, 3.05) is 5.32 Å². The maximum Gasteiger partial charge on any atom is 0.236 e. The molecule has 1 saturated carbocycles. The van der Waals surface area contributed by atoms with Crippen molar-refractivity contribution < 1.29 is 0 Å². The number of nitrogens with one attached hydrogen (secondary N) is 1. The summed E-state index contributed by atoms with van der Waals surface area (Å²) in [5.41, 5.74) is 2.11. The van der Waals surface area contributed by atoms with Crippen molar-refractivity contribution in [3.63, 3.8) is 0 Å². The number of aromatic nitrogens is 3. The Kier molecular flexibility index (Phi) is 2.80. The lowest BCUT2D eigenvalue weighted by Gasteiger charge is -2.23. The Labute approximate surface area is 117 Å². The first kappa shape index (κ1) is 11.7. The first-order valence-electron chi connectivity index (χ1n) is 7.40. The molecule has 0 saturated heterocycles. The molecule has 0 aliphatic heterocycles. The molecule has 20 heavy (non-hydrogen) atoms. The van der Waals surface area contributed by atoms with E-state index >= 15 is 0 Å². The van der Waals surface area contributed by atoms with Crippen molar-refractivity contribution >= 4 is 22.6 Å². The van der Waals surface area contributed by atoms with E-state index < -0.39 is 0 Å². The minimum Gasteiger partial charge on any atom is -0.367 e. The average molecular weight is 266 g/mol. The van der Waals surface area contributed by atoms with E-state index in [1.165, 1.54) is 32.1 Å². The predicted molar refractivity (Wildman–Crippen MR) is 81.0 cm³/mol. The largest absolute Gasteiger partial charge is 0.367 e. The van der Waals surface area contributed by atoms with Crippen molar-refractivity contribution in [1.82, 2.24) is 14.4 Å². The van der Waals surface area contributed by atoms with E-state index in [0.29, 0.717) is 6.04 Å². The molecule has 1 aromatic carbocycles. The summed E-state index contributed by atoms with van der Waals surface area (Å²) in [5, 5.41) is 3.55. The molecule has 0 bridgehead atoms. The predicted octanol–water partition coefficient (Wildman–Crippen LogP) is 3.63. The van der Waals surface area contributed by atoms with Crippen LogP contribution in [0.25, 0.3) is 16.8 Å². The van der Waals surface area contributed by atoms with E-state index in [4.69, 9.17) is 0 Å². The zero-order valence-corrected chi connectivity index (χ0v) is 11.4. The molecule has 1 fully saturated rings. The van der Waals surface area contributed by atoms with Crippen molar-refractivity contribution in [1.29, 1.82) is 0 Å². The maximum atomic E-state index is 4.65. The topological polar surface area (TPSA) is 42.2 Å². The first-order valence-corrected chi connectivity index (χ1v) is 7.40. The molecule has 0 amide bonds. The van der Waals surface area contributed by atoms with E-state index in [2.05, 4.69) is 33.6 Å². The van der Waals surface area contributed by atoms with Gasteiger partial charge >= 0.3 is 0 Å². The monoisotopic (exact) mass is 266 g/mol. The van der Waals surface area contributed by atoms with E-state index in [9.17, 15) is 0 Å². The quantitative estimate of drug-likeness (QED) is 0.770. The molecule has 1 aliphatic carbocycles. The van der Waals surface area contributed by atoms with Crippen molar-refractivity contribution in [2.45, 2.75) is 38.1 Å². The molecule has 3 aromatic rings. The van der Waals surface area contributed by atoms with E-state index in [1.807, 2.05) is 22.6 Å². The van der Waals surface area contributed by atoms with Crippen LogP contribution in [0.4, 0.5) is 5.82 Å². The molecule has 2 aromatic heterocycles. The average Bonchev–Trinajstić information content (AvgIpc) is 2.86. The molecule has 4 nitrogen and oxygen atoms in total. The van der Waals surface area contributed by atoms with Gasteiger partial charge in [0.2, 0.25) is 5.78 Å². The van der Waals surface area contributed by atoms with E-state index in [1.54, 1.807) is 0 Å². The summed E-state index contributed by atoms with van der Waals surface area (Å²) < 4.78 is 2.04.